The summed E-state index contributed by atoms with van der Waals surface area (Å²) < 4.78 is 5.51. The lowest BCUT2D eigenvalue weighted by molar-refractivity contribution is -0.133. The first kappa shape index (κ1) is 19.9. The van der Waals surface area contributed by atoms with Gasteiger partial charge in [0, 0.05) is 6.54 Å². The summed E-state index contributed by atoms with van der Waals surface area (Å²) in [5, 5.41) is 10.0. The highest BCUT2D eigenvalue weighted by atomic mass is 16.6. The third kappa shape index (κ3) is 4.34. The fourth-order valence-electron chi connectivity index (χ4n) is 3.31. The van der Waals surface area contributed by atoms with E-state index in [1.54, 1.807) is 25.7 Å². The molecule has 0 aliphatic carbocycles. The topological polar surface area (TPSA) is 70.1 Å². The highest BCUT2D eigenvalue weighted by molar-refractivity contribution is 5.97. The standard InChI is InChI=1S/C22H26N2O4/c1-22(2,3)28-21(27)24-14-20(26)23(13-17-11-7-8-12-18(17)24)19(15-25)16-9-5-4-6-10-16/h4-12,19,25H,13-15H2,1-3H3/t19-/m0/s1. The largest absolute Gasteiger partial charge is 0.443 e. The predicted molar refractivity (Wildman–Crippen MR) is 107 cm³/mol. The summed E-state index contributed by atoms with van der Waals surface area (Å²) in [5.74, 6) is -0.245. The molecule has 0 radical (unpaired) electrons. The molecule has 0 unspecified atom stereocenters. The minimum Gasteiger partial charge on any atom is -0.443 e. The van der Waals surface area contributed by atoms with Crippen LogP contribution >= 0.6 is 0 Å². The summed E-state index contributed by atoms with van der Waals surface area (Å²) in [7, 11) is 0. The van der Waals surface area contributed by atoms with Crippen LogP contribution in [-0.4, -0.2) is 40.8 Å². The van der Waals surface area contributed by atoms with Gasteiger partial charge in [0.05, 0.1) is 18.3 Å². The first-order chi connectivity index (χ1) is 13.3. The van der Waals surface area contributed by atoms with Gasteiger partial charge in [0.2, 0.25) is 5.91 Å². The number of para-hydroxylation sites is 1. The minimum absolute atomic E-state index is 0.144. The van der Waals surface area contributed by atoms with Crippen molar-refractivity contribution >= 4 is 17.7 Å². The van der Waals surface area contributed by atoms with Crippen molar-refractivity contribution in [2.24, 2.45) is 0 Å². The highest BCUT2D eigenvalue weighted by Crippen LogP contribution is 2.31. The molecule has 0 fully saturated rings. The predicted octanol–water partition coefficient (Wildman–Crippen LogP) is 3.50. The van der Waals surface area contributed by atoms with E-state index in [1.165, 1.54) is 4.90 Å². The Morgan fingerprint density at radius 3 is 2.36 bits per heavy atom. The monoisotopic (exact) mass is 382 g/mol. The zero-order chi connectivity index (χ0) is 20.3. The molecule has 0 aromatic heterocycles. The summed E-state index contributed by atoms with van der Waals surface area (Å²) in [4.78, 5) is 28.9. The summed E-state index contributed by atoms with van der Waals surface area (Å²) in [6.07, 6.45) is -0.560. The van der Waals surface area contributed by atoms with Gasteiger partial charge in [-0.1, -0.05) is 48.5 Å². The average molecular weight is 382 g/mol. The lowest BCUT2D eigenvalue weighted by Gasteiger charge is -2.30. The Kier molecular flexibility index (Phi) is 5.70. The first-order valence-electron chi connectivity index (χ1n) is 9.34. The van der Waals surface area contributed by atoms with Crippen LogP contribution in [0.25, 0.3) is 0 Å². The van der Waals surface area contributed by atoms with Gasteiger partial charge in [-0.15, -0.1) is 0 Å². The molecule has 2 aromatic carbocycles. The molecule has 1 atom stereocenters. The SMILES string of the molecule is CC(C)(C)OC(=O)N1CC(=O)N([C@@H](CO)c2ccccc2)Cc2ccccc21. The van der Waals surface area contributed by atoms with E-state index >= 15 is 0 Å². The number of anilines is 1. The normalized spacial score (nSPS) is 15.6. The number of ether oxygens (including phenoxy) is 1. The molecule has 3 rings (SSSR count). The molecule has 0 spiro atoms. The molecule has 148 valence electrons. The van der Waals surface area contributed by atoms with Crippen molar-refractivity contribution in [2.45, 2.75) is 39.0 Å². The van der Waals surface area contributed by atoms with E-state index in [9.17, 15) is 14.7 Å². The van der Waals surface area contributed by atoms with Crippen LogP contribution in [0.5, 0.6) is 0 Å². The van der Waals surface area contributed by atoms with E-state index in [0.717, 1.165) is 11.1 Å². The fourth-order valence-corrected chi connectivity index (χ4v) is 3.31. The van der Waals surface area contributed by atoms with E-state index in [4.69, 9.17) is 4.74 Å². The number of carbonyl (C=O) groups is 2. The maximum atomic E-state index is 13.1. The molecule has 0 saturated carbocycles. The maximum Gasteiger partial charge on any atom is 0.415 e. The Bertz CT molecular complexity index is 845. The molecule has 0 bridgehead atoms. The second-order valence-electron chi connectivity index (χ2n) is 7.83. The number of aliphatic hydroxyl groups is 1. The molecule has 0 saturated heterocycles. The van der Waals surface area contributed by atoms with Crippen LogP contribution in [-0.2, 0) is 16.1 Å². The zero-order valence-corrected chi connectivity index (χ0v) is 16.5. The van der Waals surface area contributed by atoms with Gasteiger partial charge >= 0.3 is 6.09 Å². The van der Waals surface area contributed by atoms with Crippen molar-refractivity contribution in [1.82, 2.24) is 4.90 Å². The van der Waals surface area contributed by atoms with Crippen LogP contribution in [0.1, 0.15) is 37.9 Å². The Balaban J connectivity index is 1.97. The van der Waals surface area contributed by atoms with E-state index in [2.05, 4.69) is 0 Å². The molecule has 1 N–H and O–H groups in total. The average Bonchev–Trinajstić information content (AvgIpc) is 2.79. The second kappa shape index (κ2) is 8.02. The second-order valence-corrected chi connectivity index (χ2v) is 7.83. The highest BCUT2D eigenvalue weighted by Gasteiger charge is 2.34. The summed E-state index contributed by atoms with van der Waals surface area (Å²) in [6, 6.07) is 16.3. The molecule has 1 heterocycles. The van der Waals surface area contributed by atoms with Gasteiger partial charge in [-0.05, 0) is 38.0 Å². The van der Waals surface area contributed by atoms with Gasteiger partial charge in [-0.25, -0.2) is 4.79 Å². The Labute approximate surface area is 165 Å². The summed E-state index contributed by atoms with van der Waals surface area (Å²) in [6.45, 7) is 5.33. The molecular formula is C22H26N2O4. The number of nitrogens with zero attached hydrogens (tertiary/aromatic N) is 2. The molecular weight excluding hydrogens is 356 g/mol. The first-order valence-corrected chi connectivity index (χ1v) is 9.34. The molecule has 6 heteroatoms. The Morgan fingerprint density at radius 1 is 1.07 bits per heavy atom. The van der Waals surface area contributed by atoms with Gasteiger partial charge in [0.1, 0.15) is 12.1 Å². The van der Waals surface area contributed by atoms with Gasteiger partial charge in [-0.3, -0.25) is 9.69 Å². The molecule has 2 aromatic rings. The van der Waals surface area contributed by atoms with Crippen LogP contribution in [0, 0.1) is 0 Å². The zero-order valence-electron chi connectivity index (χ0n) is 16.5. The summed E-state index contributed by atoms with van der Waals surface area (Å²) >= 11 is 0. The number of fused-ring (bicyclic) bond motifs is 1. The Morgan fingerprint density at radius 2 is 1.71 bits per heavy atom. The van der Waals surface area contributed by atoms with E-state index in [-0.39, 0.29) is 19.1 Å². The van der Waals surface area contributed by atoms with Crippen molar-refractivity contribution < 1.29 is 19.4 Å². The molecule has 6 nitrogen and oxygen atoms in total. The molecule has 2 amide bonds. The van der Waals surface area contributed by atoms with E-state index in [1.807, 2.05) is 54.6 Å². The number of benzene rings is 2. The third-order valence-corrected chi connectivity index (χ3v) is 4.58. The van der Waals surface area contributed by atoms with E-state index < -0.39 is 17.7 Å². The van der Waals surface area contributed by atoms with Gasteiger partial charge in [-0.2, -0.15) is 0 Å². The third-order valence-electron chi connectivity index (χ3n) is 4.58. The molecule has 28 heavy (non-hydrogen) atoms. The van der Waals surface area contributed by atoms with Gasteiger partial charge in [0.25, 0.3) is 0 Å². The maximum absolute atomic E-state index is 13.1. The van der Waals surface area contributed by atoms with Crippen LogP contribution in [0.3, 0.4) is 0 Å². The number of aliphatic hydroxyl groups excluding tert-OH is 1. The van der Waals surface area contributed by atoms with Crippen molar-refractivity contribution in [3.05, 3.63) is 65.7 Å². The van der Waals surface area contributed by atoms with Crippen LogP contribution in [0.2, 0.25) is 0 Å². The van der Waals surface area contributed by atoms with Crippen molar-refractivity contribution in [3.63, 3.8) is 0 Å². The van der Waals surface area contributed by atoms with Crippen molar-refractivity contribution in [2.75, 3.05) is 18.1 Å². The minimum atomic E-state index is -0.668. The molecule has 1 aliphatic rings. The quantitative estimate of drug-likeness (QED) is 0.882. The number of amides is 2. The molecule has 1 aliphatic heterocycles. The lowest BCUT2D eigenvalue weighted by Crippen LogP contribution is -2.44. The van der Waals surface area contributed by atoms with E-state index in [0.29, 0.717) is 12.2 Å². The summed E-state index contributed by atoms with van der Waals surface area (Å²) in [5.41, 5.74) is 1.66. The van der Waals surface area contributed by atoms with Crippen LogP contribution < -0.4 is 4.90 Å². The smallest absolute Gasteiger partial charge is 0.415 e. The van der Waals surface area contributed by atoms with Gasteiger partial charge in [0.15, 0.2) is 0 Å². The number of hydrogen-bond donors (Lipinski definition) is 1. The Hall–Kier alpha value is -2.86. The van der Waals surface area contributed by atoms with Gasteiger partial charge < -0.3 is 14.7 Å². The fraction of sp³-hybridized carbons (Fsp3) is 0.364. The number of hydrogen-bond acceptors (Lipinski definition) is 4. The van der Waals surface area contributed by atoms with Crippen LogP contribution in [0.15, 0.2) is 54.6 Å². The van der Waals surface area contributed by atoms with Crippen LogP contribution in [0.4, 0.5) is 10.5 Å². The number of rotatable bonds is 3. The van der Waals surface area contributed by atoms with Crippen molar-refractivity contribution in [3.8, 4) is 0 Å². The number of carbonyl (C=O) groups excluding carboxylic acids is 2. The van der Waals surface area contributed by atoms with Crippen molar-refractivity contribution in [1.29, 1.82) is 0 Å². The lowest BCUT2D eigenvalue weighted by atomic mass is 10.0.